The summed E-state index contributed by atoms with van der Waals surface area (Å²) in [6.45, 7) is 14.4. The van der Waals surface area contributed by atoms with Crippen LogP contribution in [0.3, 0.4) is 0 Å². The molecule has 3 rings (SSSR count). The van der Waals surface area contributed by atoms with Gasteiger partial charge in [-0.15, -0.1) is 0 Å². The summed E-state index contributed by atoms with van der Waals surface area (Å²) in [4.78, 5) is 43.3. The molecule has 2 aromatic heterocycles. The van der Waals surface area contributed by atoms with E-state index in [4.69, 9.17) is 47.7 Å². The minimum Gasteiger partial charge on any atom is -0.455 e. The Labute approximate surface area is 385 Å². The number of nitrogens with two attached hydrogens (primary N) is 1. The van der Waals surface area contributed by atoms with Crippen LogP contribution in [0.15, 0.2) is 18.5 Å². The fourth-order valence-electron chi connectivity index (χ4n) is 6.88. The van der Waals surface area contributed by atoms with Gasteiger partial charge in [0.05, 0.1) is 35.8 Å². The first-order valence-electron chi connectivity index (χ1n) is 23.3. The van der Waals surface area contributed by atoms with Gasteiger partial charge in [-0.25, -0.2) is 23.4 Å². The predicted octanol–water partition coefficient (Wildman–Crippen LogP) is 9.91. The Morgan fingerprint density at radius 2 is 1.40 bits per heavy atom. The first-order chi connectivity index (χ1) is 30.8. The Morgan fingerprint density at radius 1 is 0.831 bits per heavy atom. The monoisotopic (exact) mass is 938 g/mol. The number of phosphoric ester groups is 1. The average Bonchev–Trinajstić information content (AvgIpc) is 3.80. The molecular weight excluding hydrogens is 862 g/mol. The lowest BCUT2D eigenvalue weighted by Gasteiger charge is -2.31. The summed E-state index contributed by atoms with van der Waals surface area (Å²) < 4.78 is 66.6. The summed E-state index contributed by atoms with van der Waals surface area (Å²) in [5.74, 6) is -1.38. The molecule has 1 aliphatic rings. The molecule has 3 heterocycles. The minimum atomic E-state index is -4.62. The number of nitrogen functional groups attached to an aromatic ring is 1. The van der Waals surface area contributed by atoms with Crippen molar-refractivity contribution in [3.05, 3.63) is 24.2 Å². The lowest BCUT2D eigenvalue weighted by atomic mass is 9.90. The third kappa shape index (κ3) is 18.1. The van der Waals surface area contributed by atoms with Crippen LogP contribution in [0.25, 0.3) is 5.52 Å². The zero-order valence-electron chi connectivity index (χ0n) is 40.3. The molecule has 2 aromatic rings. The molecule has 2 N–H and O–H groups in total. The molecule has 0 unspecified atom stereocenters. The van der Waals surface area contributed by atoms with E-state index in [0.717, 1.165) is 19.3 Å². The van der Waals surface area contributed by atoms with E-state index in [1.54, 1.807) is 61.5 Å². The normalized spacial score (nSPS) is 19.8. The number of rotatable bonds is 30. The summed E-state index contributed by atoms with van der Waals surface area (Å²) in [5, 5.41) is 15.3. The van der Waals surface area contributed by atoms with E-state index in [9.17, 15) is 24.2 Å². The van der Waals surface area contributed by atoms with Crippen LogP contribution in [-0.4, -0.2) is 90.3 Å². The molecule has 65 heavy (non-hydrogen) atoms. The third-order valence-electron chi connectivity index (χ3n) is 10.6. The zero-order chi connectivity index (χ0) is 48.1. The molecule has 368 valence electrons. The van der Waals surface area contributed by atoms with E-state index in [1.807, 2.05) is 0 Å². The smallest absolute Gasteiger partial charge is 0.455 e. The number of unbranched alkanes of at least 4 members (excludes halogenated alkanes) is 13. The Hall–Kier alpha value is -3.85. The van der Waals surface area contributed by atoms with Gasteiger partial charge in [-0.1, -0.05) is 90.4 Å². The van der Waals surface area contributed by atoms with Crippen LogP contribution in [0.5, 0.6) is 0 Å². The second kappa shape index (κ2) is 27.1. The SMILES string of the molecule is CCCCCCCCCCCCCCCCOCCCO[P@@](=O)(OCOC(=O)OC(C)C)OC[C@H]1O[C@@](C#N)(c2ccc3c(N)ncnn23)[C@H](OC(=O)C(C)(C)C)[C@@H]1OC(=O)C(C)(C)C. The van der Waals surface area contributed by atoms with Crippen molar-refractivity contribution in [2.45, 2.75) is 189 Å². The highest BCUT2D eigenvalue weighted by molar-refractivity contribution is 7.48. The number of hydrogen-bond acceptors (Lipinski definition) is 17. The molecule has 0 bridgehead atoms. The molecule has 19 heteroatoms. The van der Waals surface area contributed by atoms with Crippen LogP contribution < -0.4 is 5.73 Å². The third-order valence-corrected chi connectivity index (χ3v) is 12.0. The lowest BCUT2D eigenvalue weighted by Crippen LogP contribution is -2.48. The largest absolute Gasteiger partial charge is 0.510 e. The van der Waals surface area contributed by atoms with Crippen molar-refractivity contribution in [1.29, 1.82) is 5.26 Å². The van der Waals surface area contributed by atoms with Crippen LogP contribution in [-0.2, 0) is 61.7 Å². The number of carbonyl (C=O) groups excluding carboxylic acids is 3. The van der Waals surface area contributed by atoms with Gasteiger partial charge < -0.3 is 34.2 Å². The molecular formula is C46H76N5O13P. The number of carbonyl (C=O) groups is 3. The maximum absolute atomic E-state index is 14.2. The molecule has 0 aromatic carbocycles. The summed E-state index contributed by atoms with van der Waals surface area (Å²) in [5.41, 5.74) is 2.16. The number of esters is 2. The molecule has 0 saturated carbocycles. The average molecular weight is 938 g/mol. The molecule has 0 amide bonds. The zero-order valence-corrected chi connectivity index (χ0v) is 41.2. The number of fused-ring (bicyclic) bond motifs is 1. The summed E-state index contributed by atoms with van der Waals surface area (Å²) >= 11 is 0. The summed E-state index contributed by atoms with van der Waals surface area (Å²) in [7, 11) is -4.62. The first kappa shape index (κ1) is 55.5. The predicted molar refractivity (Wildman–Crippen MR) is 242 cm³/mol. The maximum Gasteiger partial charge on any atom is 0.510 e. The molecule has 5 atom stereocenters. The Kier molecular flexibility index (Phi) is 23.1. The van der Waals surface area contributed by atoms with Crippen LogP contribution in [0.4, 0.5) is 10.6 Å². The highest BCUT2D eigenvalue weighted by atomic mass is 31.2. The van der Waals surface area contributed by atoms with Gasteiger partial charge in [0, 0.05) is 13.2 Å². The molecule has 18 nitrogen and oxygen atoms in total. The van der Waals surface area contributed by atoms with E-state index >= 15 is 0 Å². The van der Waals surface area contributed by atoms with Gasteiger partial charge in [-0.05, 0) is 80.4 Å². The van der Waals surface area contributed by atoms with E-state index < -0.39 is 80.2 Å². The molecule has 0 radical (unpaired) electrons. The number of anilines is 1. The van der Waals surface area contributed by atoms with Crippen molar-refractivity contribution < 1.29 is 60.9 Å². The van der Waals surface area contributed by atoms with Crippen LogP contribution in [0.1, 0.15) is 164 Å². The van der Waals surface area contributed by atoms with Gasteiger partial charge in [0.25, 0.3) is 0 Å². The molecule has 1 saturated heterocycles. The van der Waals surface area contributed by atoms with Crippen molar-refractivity contribution in [3.63, 3.8) is 0 Å². The van der Waals surface area contributed by atoms with Crippen molar-refractivity contribution in [1.82, 2.24) is 14.6 Å². The van der Waals surface area contributed by atoms with E-state index in [-0.39, 0.29) is 18.1 Å². The van der Waals surface area contributed by atoms with Gasteiger partial charge in [0.15, 0.2) is 18.0 Å². The van der Waals surface area contributed by atoms with Crippen LogP contribution in [0, 0.1) is 22.2 Å². The highest BCUT2D eigenvalue weighted by Gasteiger charge is 2.63. The van der Waals surface area contributed by atoms with Crippen molar-refractivity contribution in [2.24, 2.45) is 10.8 Å². The molecule has 0 aliphatic carbocycles. The van der Waals surface area contributed by atoms with E-state index in [2.05, 4.69) is 23.1 Å². The highest BCUT2D eigenvalue weighted by Crippen LogP contribution is 2.52. The molecule has 1 aliphatic heterocycles. The topological polar surface area (TPSA) is 231 Å². The Morgan fingerprint density at radius 3 is 1.97 bits per heavy atom. The minimum absolute atomic E-state index is 0.0666. The fourth-order valence-corrected chi connectivity index (χ4v) is 7.96. The summed E-state index contributed by atoms with van der Waals surface area (Å²) in [6.07, 6.45) is 13.0. The van der Waals surface area contributed by atoms with E-state index in [0.29, 0.717) is 25.2 Å². The fraction of sp³-hybridized carbons (Fsp3) is 0.783. The standard InChI is InChI=1S/C46H76N5O13P/c1-10-11-12-13-14-15-16-17-18-19-20-21-22-23-27-56-28-24-29-58-65(55,60-33-57-43(54)61-34(2)3)59-30-36-38(62-41(52)44(4,5)6)39(63-42(53)45(7,8)9)46(31-47,64-36)37-26-25-35-40(48)49-32-50-51(35)37/h25-26,32,34,36,38-39H,10-24,27-30,33H2,1-9H3,(H2,48,49,50)/t36-,38-,39-,46+,65-/m1/s1. The number of nitrogens with zero attached hydrogens (tertiary/aromatic N) is 4. The van der Waals surface area contributed by atoms with Gasteiger partial charge in [0.1, 0.15) is 24.0 Å². The molecule has 0 spiro atoms. The van der Waals surface area contributed by atoms with Gasteiger partial charge >= 0.3 is 25.9 Å². The maximum atomic E-state index is 14.2. The van der Waals surface area contributed by atoms with Gasteiger partial charge in [0.2, 0.25) is 12.4 Å². The molecule has 1 fully saturated rings. The first-order valence-corrected chi connectivity index (χ1v) is 24.8. The van der Waals surface area contributed by atoms with Gasteiger partial charge in [-0.3, -0.25) is 18.6 Å². The number of hydrogen-bond donors (Lipinski definition) is 1. The quantitative estimate of drug-likeness (QED) is 0.0252. The number of ether oxygens (including phenoxy) is 6. The number of aromatic nitrogens is 3. The van der Waals surface area contributed by atoms with Crippen LogP contribution >= 0.6 is 7.82 Å². The van der Waals surface area contributed by atoms with Crippen molar-refractivity contribution in [3.8, 4) is 6.07 Å². The number of nitriles is 1. The van der Waals surface area contributed by atoms with Crippen molar-refractivity contribution in [2.75, 3.05) is 39.0 Å². The second-order valence-electron chi connectivity index (χ2n) is 18.8. The van der Waals surface area contributed by atoms with Gasteiger partial charge in [-0.2, -0.15) is 10.4 Å². The van der Waals surface area contributed by atoms with Crippen molar-refractivity contribution >= 4 is 37.3 Å². The Balaban J connectivity index is 1.70. The van der Waals surface area contributed by atoms with Crippen LogP contribution in [0.2, 0.25) is 0 Å². The van der Waals surface area contributed by atoms with E-state index in [1.165, 1.54) is 87.5 Å². The lowest BCUT2D eigenvalue weighted by molar-refractivity contribution is -0.179. The second-order valence-corrected chi connectivity index (χ2v) is 20.5. The summed E-state index contributed by atoms with van der Waals surface area (Å²) in [6, 6.07) is 5.19. The Bertz CT molecular complexity index is 1860. The number of phosphoric acid groups is 1.